The molecule has 0 aliphatic heterocycles. The van der Waals surface area contributed by atoms with Gasteiger partial charge in [-0.3, -0.25) is 0 Å². The molecular formula is C16H17FO2S. The number of thiophene rings is 1. The Morgan fingerprint density at radius 3 is 3.05 bits per heavy atom. The van der Waals surface area contributed by atoms with E-state index in [1.165, 1.54) is 17.6 Å². The highest BCUT2D eigenvalue weighted by Crippen LogP contribution is 2.43. The summed E-state index contributed by atoms with van der Waals surface area (Å²) in [4.78, 5) is 1.32. The molecule has 106 valence electrons. The standard InChI is InChI=1S/C16H17FO2S/c1-19-13-6-2-5-12(15(13)17)16(18)11-4-3-7-14-10(11)8-9-20-14/h2,5-6,8-9,11,16,18H,3-4,7H2,1H3. The van der Waals surface area contributed by atoms with Gasteiger partial charge >= 0.3 is 0 Å². The molecule has 0 spiro atoms. The highest BCUT2D eigenvalue weighted by Gasteiger charge is 2.30. The van der Waals surface area contributed by atoms with Crippen molar-refractivity contribution in [3.05, 3.63) is 51.5 Å². The molecule has 20 heavy (non-hydrogen) atoms. The van der Waals surface area contributed by atoms with Gasteiger partial charge in [0, 0.05) is 16.4 Å². The second-order valence-corrected chi connectivity index (χ2v) is 6.11. The fourth-order valence-corrected chi connectivity index (χ4v) is 3.98. The average molecular weight is 292 g/mol. The quantitative estimate of drug-likeness (QED) is 0.925. The molecule has 1 N–H and O–H groups in total. The van der Waals surface area contributed by atoms with Crippen LogP contribution in [0.3, 0.4) is 0 Å². The van der Waals surface area contributed by atoms with Gasteiger partial charge in [0.1, 0.15) is 0 Å². The maximum Gasteiger partial charge on any atom is 0.170 e. The Kier molecular flexibility index (Phi) is 3.76. The third-order valence-electron chi connectivity index (χ3n) is 4.01. The van der Waals surface area contributed by atoms with E-state index in [0.29, 0.717) is 5.56 Å². The van der Waals surface area contributed by atoms with Gasteiger partial charge in [0.25, 0.3) is 0 Å². The fraction of sp³-hybridized carbons (Fsp3) is 0.375. The number of benzene rings is 1. The molecule has 2 atom stereocenters. The molecule has 0 saturated heterocycles. The van der Waals surface area contributed by atoms with Crippen LogP contribution in [0.2, 0.25) is 0 Å². The Bertz CT molecular complexity index is 608. The third-order valence-corrected chi connectivity index (χ3v) is 5.01. The Labute approximate surface area is 121 Å². The van der Waals surface area contributed by atoms with Crippen molar-refractivity contribution in [2.24, 2.45) is 0 Å². The van der Waals surface area contributed by atoms with Crippen molar-refractivity contribution >= 4 is 11.3 Å². The van der Waals surface area contributed by atoms with E-state index in [4.69, 9.17) is 4.74 Å². The number of aliphatic hydroxyl groups is 1. The maximum absolute atomic E-state index is 14.3. The van der Waals surface area contributed by atoms with Crippen molar-refractivity contribution in [1.82, 2.24) is 0 Å². The van der Waals surface area contributed by atoms with Crippen LogP contribution in [0.25, 0.3) is 0 Å². The van der Waals surface area contributed by atoms with Gasteiger partial charge < -0.3 is 9.84 Å². The van der Waals surface area contributed by atoms with Gasteiger partial charge in [-0.1, -0.05) is 12.1 Å². The summed E-state index contributed by atoms with van der Waals surface area (Å²) in [6.07, 6.45) is 2.18. The van der Waals surface area contributed by atoms with E-state index in [1.807, 2.05) is 0 Å². The number of rotatable bonds is 3. The van der Waals surface area contributed by atoms with Crippen molar-refractivity contribution < 1.29 is 14.2 Å². The van der Waals surface area contributed by atoms with E-state index >= 15 is 0 Å². The van der Waals surface area contributed by atoms with Gasteiger partial charge in [0.05, 0.1) is 13.2 Å². The zero-order valence-corrected chi connectivity index (χ0v) is 12.1. The first-order valence-corrected chi connectivity index (χ1v) is 7.67. The minimum Gasteiger partial charge on any atom is -0.494 e. The van der Waals surface area contributed by atoms with Crippen LogP contribution in [0, 0.1) is 5.82 Å². The smallest absolute Gasteiger partial charge is 0.170 e. The first kappa shape index (κ1) is 13.6. The number of aryl methyl sites for hydroxylation is 1. The summed E-state index contributed by atoms with van der Waals surface area (Å²) in [5, 5.41) is 12.7. The molecule has 1 aromatic carbocycles. The summed E-state index contributed by atoms with van der Waals surface area (Å²) in [6.45, 7) is 0. The maximum atomic E-state index is 14.3. The van der Waals surface area contributed by atoms with Crippen LogP contribution in [-0.2, 0) is 6.42 Å². The first-order valence-electron chi connectivity index (χ1n) is 6.79. The highest BCUT2D eigenvalue weighted by molar-refractivity contribution is 7.10. The van der Waals surface area contributed by atoms with Gasteiger partial charge in [-0.25, -0.2) is 4.39 Å². The summed E-state index contributed by atoms with van der Waals surface area (Å²) in [5.74, 6) is -0.292. The summed E-state index contributed by atoms with van der Waals surface area (Å²) in [5.41, 5.74) is 1.50. The fourth-order valence-electron chi connectivity index (χ4n) is 2.98. The summed E-state index contributed by atoms with van der Waals surface area (Å²) < 4.78 is 19.3. The largest absolute Gasteiger partial charge is 0.494 e. The predicted molar refractivity (Wildman–Crippen MR) is 77.9 cm³/mol. The molecule has 0 fully saturated rings. The van der Waals surface area contributed by atoms with Gasteiger partial charge in [-0.15, -0.1) is 11.3 Å². The monoisotopic (exact) mass is 292 g/mol. The van der Waals surface area contributed by atoms with Crippen molar-refractivity contribution in [2.45, 2.75) is 31.3 Å². The molecule has 3 rings (SSSR count). The van der Waals surface area contributed by atoms with Crippen LogP contribution >= 0.6 is 11.3 Å². The zero-order chi connectivity index (χ0) is 14.1. The van der Waals surface area contributed by atoms with Gasteiger partial charge in [0.15, 0.2) is 11.6 Å². The minimum absolute atomic E-state index is 0.0217. The van der Waals surface area contributed by atoms with E-state index < -0.39 is 11.9 Å². The number of ether oxygens (including phenoxy) is 1. The van der Waals surface area contributed by atoms with E-state index in [1.54, 1.807) is 29.5 Å². The lowest BCUT2D eigenvalue weighted by Gasteiger charge is -2.28. The molecule has 1 aliphatic rings. The first-order chi connectivity index (χ1) is 9.72. The molecule has 4 heteroatoms. The van der Waals surface area contributed by atoms with E-state index in [9.17, 15) is 9.50 Å². The van der Waals surface area contributed by atoms with E-state index in [2.05, 4.69) is 11.4 Å². The molecule has 0 amide bonds. The van der Waals surface area contributed by atoms with Crippen molar-refractivity contribution in [3.8, 4) is 5.75 Å². The molecule has 2 unspecified atom stereocenters. The second kappa shape index (κ2) is 5.54. The van der Waals surface area contributed by atoms with Crippen molar-refractivity contribution in [2.75, 3.05) is 7.11 Å². The lowest BCUT2D eigenvalue weighted by molar-refractivity contribution is 0.131. The minimum atomic E-state index is -0.821. The molecule has 1 heterocycles. The number of hydrogen-bond acceptors (Lipinski definition) is 3. The van der Waals surface area contributed by atoms with Gasteiger partial charge in [-0.05, 0) is 42.3 Å². The SMILES string of the molecule is COc1cccc(C(O)C2CCCc3sccc32)c1F. The van der Waals surface area contributed by atoms with Gasteiger partial charge in [0.2, 0.25) is 0 Å². The molecule has 0 radical (unpaired) electrons. The molecule has 1 aliphatic carbocycles. The van der Waals surface area contributed by atoms with E-state index in [-0.39, 0.29) is 11.7 Å². The molecular weight excluding hydrogens is 275 g/mol. The number of methoxy groups -OCH3 is 1. The molecule has 0 saturated carbocycles. The number of aliphatic hydroxyl groups excluding tert-OH is 1. The van der Waals surface area contributed by atoms with Crippen LogP contribution in [0.5, 0.6) is 5.75 Å². The van der Waals surface area contributed by atoms with Crippen molar-refractivity contribution in [1.29, 1.82) is 0 Å². The Morgan fingerprint density at radius 1 is 1.40 bits per heavy atom. The number of hydrogen-bond donors (Lipinski definition) is 1. The van der Waals surface area contributed by atoms with Crippen LogP contribution in [-0.4, -0.2) is 12.2 Å². The zero-order valence-electron chi connectivity index (χ0n) is 11.3. The molecule has 0 bridgehead atoms. The highest BCUT2D eigenvalue weighted by atomic mass is 32.1. The van der Waals surface area contributed by atoms with Crippen LogP contribution < -0.4 is 4.74 Å². The second-order valence-electron chi connectivity index (χ2n) is 5.11. The average Bonchev–Trinajstić information content (AvgIpc) is 2.95. The summed E-state index contributed by atoms with van der Waals surface area (Å²) in [7, 11) is 1.44. The molecule has 2 nitrogen and oxygen atoms in total. The third kappa shape index (κ3) is 2.23. The summed E-state index contributed by atoms with van der Waals surface area (Å²) >= 11 is 1.72. The normalized spacial score (nSPS) is 19.4. The Balaban J connectivity index is 1.97. The molecule has 2 aromatic rings. The number of halogens is 1. The topological polar surface area (TPSA) is 29.5 Å². The van der Waals surface area contributed by atoms with Crippen LogP contribution in [0.4, 0.5) is 4.39 Å². The van der Waals surface area contributed by atoms with Crippen LogP contribution in [0.1, 0.15) is 40.9 Å². The van der Waals surface area contributed by atoms with Gasteiger partial charge in [-0.2, -0.15) is 0 Å². The molecule has 1 aromatic heterocycles. The van der Waals surface area contributed by atoms with Crippen molar-refractivity contribution in [3.63, 3.8) is 0 Å². The lowest BCUT2D eigenvalue weighted by Crippen LogP contribution is -2.16. The van der Waals surface area contributed by atoms with Crippen LogP contribution in [0.15, 0.2) is 29.6 Å². The number of fused-ring (bicyclic) bond motifs is 1. The lowest BCUT2D eigenvalue weighted by atomic mass is 9.81. The Hall–Kier alpha value is -1.39. The predicted octanol–water partition coefficient (Wildman–Crippen LogP) is 4.05. The Morgan fingerprint density at radius 2 is 2.25 bits per heavy atom. The summed E-state index contributed by atoms with van der Waals surface area (Å²) in [6, 6.07) is 6.99. The van der Waals surface area contributed by atoms with E-state index in [0.717, 1.165) is 19.3 Å².